The highest BCUT2D eigenvalue weighted by atomic mass is 35.5. The number of nitrogens with zero attached hydrogens (tertiary/aromatic N) is 2. The molecular weight excluding hydrogens is 392 g/mol. The van der Waals surface area contributed by atoms with Crippen molar-refractivity contribution < 1.29 is 9.90 Å². The van der Waals surface area contributed by atoms with E-state index in [1.54, 1.807) is 13.1 Å². The maximum absolute atomic E-state index is 11.8. The molecule has 0 amide bonds. The Bertz CT molecular complexity index is 990. The van der Waals surface area contributed by atoms with Crippen LogP contribution in [0, 0.1) is 0 Å². The third-order valence-corrected chi connectivity index (χ3v) is 5.95. The summed E-state index contributed by atoms with van der Waals surface area (Å²) < 4.78 is 2.11. The standard InChI is InChI=1S/C22H23ClN2O2S/c1-3-4-11-20-24-13-18(25(20)14-16-8-5-6-9-17(16)23)21(15(2)22(26)27)19-10-7-12-28-19/h5-10,12-13H,3-4,11,14H2,1-2H3,(H,26,27). The number of rotatable bonds is 8. The molecule has 0 atom stereocenters. The van der Waals surface area contributed by atoms with Gasteiger partial charge in [0, 0.05) is 27.5 Å². The third kappa shape index (κ3) is 4.37. The van der Waals surface area contributed by atoms with Gasteiger partial charge in [-0.15, -0.1) is 11.3 Å². The number of aryl methyl sites for hydroxylation is 1. The molecule has 1 aromatic carbocycles. The summed E-state index contributed by atoms with van der Waals surface area (Å²) in [5.41, 5.74) is 2.82. The van der Waals surface area contributed by atoms with Crippen molar-refractivity contribution in [3.05, 3.63) is 80.5 Å². The fourth-order valence-corrected chi connectivity index (χ4v) is 4.18. The van der Waals surface area contributed by atoms with Crippen LogP contribution in [0.2, 0.25) is 5.02 Å². The molecule has 0 saturated heterocycles. The molecule has 28 heavy (non-hydrogen) atoms. The highest BCUT2D eigenvalue weighted by molar-refractivity contribution is 7.11. The van der Waals surface area contributed by atoms with Crippen molar-refractivity contribution in [3.63, 3.8) is 0 Å². The Morgan fingerprint density at radius 3 is 2.68 bits per heavy atom. The summed E-state index contributed by atoms with van der Waals surface area (Å²) in [6, 6.07) is 11.6. The van der Waals surface area contributed by atoms with Crippen LogP contribution in [0.25, 0.3) is 5.57 Å². The molecule has 0 aliphatic carbocycles. The topological polar surface area (TPSA) is 55.1 Å². The smallest absolute Gasteiger partial charge is 0.332 e. The zero-order chi connectivity index (χ0) is 20.1. The predicted molar refractivity (Wildman–Crippen MR) is 115 cm³/mol. The minimum absolute atomic E-state index is 0.310. The van der Waals surface area contributed by atoms with E-state index < -0.39 is 5.97 Å². The summed E-state index contributed by atoms with van der Waals surface area (Å²) in [6.45, 7) is 4.35. The van der Waals surface area contributed by atoms with E-state index >= 15 is 0 Å². The van der Waals surface area contributed by atoms with Gasteiger partial charge in [-0.2, -0.15) is 0 Å². The zero-order valence-electron chi connectivity index (χ0n) is 16.0. The fourth-order valence-electron chi connectivity index (χ4n) is 3.15. The molecule has 0 aliphatic heterocycles. The van der Waals surface area contributed by atoms with E-state index in [1.807, 2.05) is 41.8 Å². The minimum atomic E-state index is -0.927. The van der Waals surface area contributed by atoms with Gasteiger partial charge in [0.25, 0.3) is 0 Å². The van der Waals surface area contributed by atoms with E-state index in [2.05, 4.69) is 16.5 Å². The van der Waals surface area contributed by atoms with Gasteiger partial charge in [-0.05, 0) is 36.4 Å². The number of carboxylic acid groups (broad SMARTS) is 1. The Hall–Kier alpha value is -2.37. The molecule has 3 rings (SSSR count). The van der Waals surface area contributed by atoms with Crippen LogP contribution in [0.1, 0.15) is 48.6 Å². The van der Waals surface area contributed by atoms with E-state index in [0.717, 1.165) is 41.2 Å². The van der Waals surface area contributed by atoms with Crippen molar-refractivity contribution >= 4 is 34.5 Å². The molecule has 0 bridgehead atoms. The first-order valence-electron chi connectivity index (χ1n) is 9.29. The number of carbonyl (C=O) groups is 1. The van der Waals surface area contributed by atoms with Crippen LogP contribution in [0.15, 0.2) is 53.5 Å². The van der Waals surface area contributed by atoms with E-state index in [0.29, 0.717) is 22.7 Å². The van der Waals surface area contributed by atoms with Gasteiger partial charge in [0.1, 0.15) is 5.82 Å². The van der Waals surface area contributed by atoms with Gasteiger partial charge < -0.3 is 9.67 Å². The Kier molecular flexibility index (Phi) is 6.70. The average molecular weight is 415 g/mol. The predicted octanol–water partition coefficient (Wildman–Crippen LogP) is 5.90. The van der Waals surface area contributed by atoms with Crippen LogP contribution in [-0.4, -0.2) is 20.6 Å². The molecule has 0 aliphatic rings. The summed E-state index contributed by atoms with van der Waals surface area (Å²) in [5.74, 6) is 0.0213. The molecule has 1 N–H and O–H groups in total. The lowest BCUT2D eigenvalue weighted by atomic mass is 10.0. The quantitative estimate of drug-likeness (QED) is 0.467. The van der Waals surface area contributed by atoms with E-state index in [4.69, 9.17) is 11.6 Å². The number of benzene rings is 1. The van der Waals surface area contributed by atoms with Gasteiger partial charge in [-0.25, -0.2) is 9.78 Å². The van der Waals surface area contributed by atoms with Crippen molar-refractivity contribution in [2.75, 3.05) is 0 Å². The van der Waals surface area contributed by atoms with Gasteiger partial charge in [-0.3, -0.25) is 0 Å². The molecule has 3 aromatic rings. The number of hydrogen-bond donors (Lipinski definition) is 1. The molecule has 0 spiro atoms. The average Bonchev–Trinajstić information content (AvgIpc) is 3.33. The minimum Gasteiger partial charge on any atom is -0.478 e. The van der Waals surface area contributed by atoms with Crippen molar-refractivity contribution in [2.24, 2.45) is 0 Å². The second kappa shape index (κ2) is 9.22. The summed E-state index contributed by atoms with van der Waals surface area (Å²) in [7, 11) is 0. The number of imidazole rings is 1. The van der Waals surface area contributed by atoms with Crippen LogP contribution in [0.5, 0.6) is 0 Å². The fraction of sp³-hybridized carbons (Fsp3) is 0.273. The highest BCUT2D eigenvalue weighted by Gasteiger charge is 2.21. The molecule has 146 valence electrons. The molecule has 0 radical (unpaired) electrons. The molecule has 2 aromatic heterocycles. The molecule has 0 saturated carbocycles. The number of aromatic nitrogens is 2. The lowest BCUT2D eigenvalue weighted by molar-refractivity contribution is -0.132. The maximum Gasteiger partial charge on any atom is 0.332 e. The number of thiophene rings is 1. The first-order valence-corrected chi connectivity index (χ1v) is 10.5. The van der Waals surface area contributed by atoms with Crippen LogP contribution >= 0.6 is 22.9 Å². The monoisotopic (exact) mass is 414 g/mol. The maximum atomic E-state index is 11.8. The zero-order valence-corrected chi connectivity index (χ0v) is 17.6. The van der Waals surface area contributed by atoms with Crippen molar-refractivity contribution in [3.8, 4) is 0 Å². The second-order valence-electron chi connectivity index (χ2n) is 6.62. The number of hydrogen-bond acceptors (Lipinski definition) is 3. The summed E-state index contributed by atoms with van der Waals surface area (Å²) in [4.78, 5) is 17.4. The molecule has 4 nitrogen and oxygen atoms in total. The second-order valence-corrected chi connectivity index (χ2v) is 7.98. The van der Waals surface area contributed by atoms with Crippen molar-refractivity contribution in [1.29, 1.82) is 0 Å². The normalized spacial score (nSPS) is 12.1. The molecular formula is C22H23ClN2O2S. The SMILES string of the molecule is CCCCc1ncc(C(=C(C)C(=O)O)c2cccs2)n1Cc1ccccc1Cl. The largest absolute Gasteiger partial charge is 0.478 e. The van der Waals surface area contributed by atoms with Crippen LogP contribution in [0.3, 0.4) is 0 Å². The Morgan fingerprint density at radius 2 is 2.04 bits per heavy atom. The summed E-state index contributed by atoms with van der Waals surface area (Å²) in [5, 5.41) is 12.3. The molecule has 0 unspecified atom stereocenters. The molecule has 6 heteroatoms. The van der Waals surface area contributed by atoms with Crippen LogP contribution in [0.4, 0.5) is 0 Å². The lowest BCUT2D eigenvalue weighted by Crippen LogP contribution is -2.11. The number of halogens is 1. The molecule has 0 fully saturated rings. The number of aliphatic carboxylic acids is 1. The van der Waals surface area contributed by atoms with Gasteiger partial charge in [0.05, 0.1) is 18.4 Å². The van der Waals surface area contributed by atoms with Crippen LogP contribution < -0.4 is 0 Å². The van der Waals surface area contributed by atoms with Gasteiger partial charge >= 0.3 is 5.97 Å². The van der Waals surface area contributed by atoms with Gasteiger partial charge in [0.2, 0.25) is 0 Å². The Labute approximate surface area is 174 Å². The highest BCUT2D eigenvalue weighted by Crippen LogP contribution is 2.32. The number of carboxylic acids is 1. The summed E-state index contributed by atoms with van der Waals surface area (Å²) >= 11 is 7.93. The third-order valence-electron chi connectivity index (χ3n) is 4.70. The Balaban J connectivity index is 2.16. The first kappa shape index (κ1) is 20.4. The van der Waals surface area contributed by atoms with Crippen molar-refractivity contribution in [2.45, 2.75) is 39.7 Å². The van der Waals surface area contributed by atoms with Gasteiger partial charge in [0.15, 0.2) is 0 Å². The van der Waals surface area contributed by atoms with E-state index in [9.17, 15) is 9.90 Å². The van der Waals surface area contributed by atoms with E-state index in [-0.39, 0.29) is 0 Å². The summed E-state index contributed by atoms with van der Waals surface area (Å²) in [6.07, 6.45) is 4.72. The van der Waals surface area contributed by atoms with Crippen molar-refractivity contribution in [1.82, 2.24) is 9.55 Å². The Morgan fingerprint density at radius 1 is 1.25 bits per heavy atom. The van der Waals surface area contributed by atoms with Crippen LogP contribution in [-0.2, 0) is 17.8 Å². The molecule has 2 heterocycles. The van der Waals surface area contributed by atoms with Gasteiger partial charge in [-0.1, -0.05) is 49.2 Å². The lowest BCUT2D eigenvalue weighted by Gasteiger charge is -2.16. The number of unbranched alkanes of at least 4 members (excludes halogenated alkanes) is 1. The first-order chi connectivity index (χ1) is 13.5. The van der Waals surface area contributed by atoms with E-state index in [1.165, 1.54) is 11.3 Å².